The van der Waals surface area contributed by atoms with Gasteiger partial charge in [-0.1, -0.05) is 18.2 Å². The zero-order chi connectivity index (χ0) is 27.2. The second-order valence-corrected chi connectivity index (χ2v) is 12.5. The molecule has 7 heteroatoms. The van der Waals surface area contributed by atoms with Crippen molar-refractivity contribution in [3.8, 4) is 0 Å². The standard InChI is InChI=1S/C32H46N4O3/c1-32(2,3)39-30(37)21-27(26-6-4-8-29(20-26)36-16-18-38-19-17-36)23-35-15-13-24(22-35)9-11-28-12-10-25-7-5-14-33-31(25)34-28/h4,6,8,10,12,20,24,27H,5,7,9,11,13-19,21-23H2,1-3H3,(H,33,34). The van der Waals surface area contributed by atoms with E-state index in [4.69, 9.17) is 14.5 Å². The quantitative estimate of drug-likeness (QED) is 0.452. The lowest BCUT2D eigenvalue weighted by Gasteiger charge is -2.30. The molecule has 0 bridgehead atoms. The van der Waals surface area contributed by atoms with Crippen molar-refractivity contribution in [2.24, 2.45) is 5.92 Å². The Morgan fingerprint density at radius 1 is 1.18 bits per heavy atom. The van der Waals surface area contributed by atoms with E-state index in [-0.39, 0.29) is 11.9 Å². The molecule has 1 N–H and O–H groups in total. The van der Waals surface area contributed by atoms with E-state index in [1.165, 1.54) is 35.3 Å². The molecule has 7 nitrogen and oxygen atoms in total. The topological polar surface area (TPSA) is 66.9 Å². The fourth-order valence-corrected chi connectivity index (χ4v) is 6.16. The van der Waals surface area contributed by atoms with Crippen LogP contribution in [0.4, 0.5) is 11.5 Å². The van der Waals surface area contributed by atoms with Crippen molar-refractivity contribution in [3.63, 3.8) is 0 Å². The van der Waals surface area contributed by atoms with Gasteiger partial charge in [-0.25, -0.2) is 4.98 Å². The second kappa shape index (κ2) is 12.7. The minimum atomic E-state index is -0.476. The largest absolute Gasteiger partial charge is 0.460 e. The van der Waals surface area contributed by atoms with Crippen molar-refractivity contribution in [2.75, 3.05) is 62.7 Å². The normalized spacial score (nSPS) is 20.8. The summed E-state index contributed by atoms with van der Waals surface area (Å²) >= 11 is 0. The third-order valence-corrected chi connectivity index (χ3v) is 8.16. The molecular weight excluding hydrogens is 488 g/mol. The van der Waals surface area contributed by atoms with Crippen LogP contribution in [-0.4, -0.2) is 73.9 Å². The Hall–Kier alpha value is -2.64. The molecule has 0 saturated carbocycles. The zero-order valence-corrected chi connectivity index (χ0v) is 24.1. The number of nitrogens with zero attached hydrogens (tertiary/aromatic N) is 3. The molecule has 2 fully saturated rings. The molecule has 1 aromatic heterocycles. The molecular formula is C32H46N4O3. The molecule has 3 aliphatic rings. The number of nitrogens with one attached hydrogen (secondary N) is 1. The summed E-state index contributed by atoms with van der Waals surface area (Å²) in [6.07, 6.45) is 6.11. The number of anilines is 2. The third kappa shape index (κ3) is 7.95. The molecule has 2 unspecified atom stereocenters. The van der Waals surface area contributed by atoms with Gasteiger partial charge < -0.3 is 24.6 Å². The first kappa shape index (κ1) is 27.9. The monoisotopic (exact) mass is 534 g/mol. The number of likely N-dealkylation sites (tertiary alicyclic amines) is 1. The number of aromatic nitrogens is 1. The first-order valence-electron chi connectivity index (χ1n) is 14.9. The molecule has 0 amide bonds. The lowest BCUT2D eigenvalue weighted by molar-refractivity contribution is -0.155. The molecule has 0 aliphatic carbocycles. The van der Waals surface area contributed by atoms with Crippen LogP contribution >= 0.6 is 0 Å². The molecule has 0 radical (unpaired) electrons. The van der Waals surface area contributed by atoms with Gasteiger partial charge in [-0.15, -0.1) is 0 Å². The Kier molecular flexibility index (Phi) is 9.08. The fourth-order valence-electron chi connectivity index (χ4n) is 6.16. The summed E-state index contributed by atoms with van der Waals surface area (Å²) in [6.45, 7) is 13.2. The van der Waals surface area contributed by atoms with Crippen LogP contribution in [0.5, 0.6) is 0 Å². The number of aryl methyl sites for hydroxylation is 2. The maximum atomic E-state index is 12.9. The van der Waals surface area contributed by atoms with Crippen LogP contribution in [-0.2, 0) is 27.1 Å². The number of fused-ring (bicyclic) bond motifs is 1. The number of carbonyl (C=O) groups is 1. The smallest absolute Gasteiger partial charge is 0.306 e. The minimum Gasteiger partial charge on any atom is -0.460 e. The predicted octanol–water partition coefficient (Wildman–Crippen LogP) is 5.05. The van der Waals surface area contributed by atoms with Crippen molar-refractivity contribution in [2.45, 2.75) is 70.8 Å². The number of hydrogen-bond donors (Lipinski definition) is 1. The van der Waals surface area contributed by atoms with E-state index in [9.17, 15) is 4.79 Å². The molecule has 2 saturated heterocycles. The number of benzene rings is 1. The molecule has 3 aliphatic heterocycles. The van der Waals surface area contributed by atoms with Gasteiger partial charge in [-0.2, -0.15) is 0 Å². The molecule has 2 atom stereocenters. The lowest BCUT2D eigenvalue weighted by Crippen LogP contribution is -2.36. The Morgan fingerprint density at radius 2 is 2.03 bits per heavy atom. The summed E-state index contributed by atoms with van der Waals surface area (Å²) in [6, 6.07) is 13.3. The van der Waals surface area contributed by atoms with E-state index in [0.717, 1.165) is 77.6 Å². The Labute approximate surface area is 234 Å². The summed E-state index contributed by atoms with van der Waals surface area (Å²) < 4.78 is 11.3. The summed E-state index contributed by atoms with van der Waals surface area (Å²) in [4.78, 5) is 22.8. The zero-order valence-electron chi connectivity index (χ0n) is 24.1. The summed E-state index contributed by atoms with van der Waals surface area (Å²) in [5.41, 5.74) is 4.52. The number of hydrogen-bond acceptors (Lipinski definition) is 7. The Morgan fingerprint density at radius 3 is 2.85 bits per heavy atom. The van der Waals surface area contributed by atoms with Crippen molar-refractivity contribution >= 4 is 17.5 Å². The predicted molar refractivity (Wildman–Crippen MR) is 157 cm³/mol. The van der Waals surface area contributed by atoms with Gasteiger partial charge in [-0.05, 0) is 94.7 Å². The van der Waals surface area contributed by atoms with Crippen LogP contribution in [0.25, 0.3) is 0 Å². The fraction of sp³-hybridized carbons (Fsp3) is 0.625. The van der Waals surface area contributed by atoms with E-state index in [2.05, 4.69) is 51.5 Å². The number of carbonyl (C=O) groups excluding carboxylic acids is 1. The van der Waals surface area contributed by atoms with E-state index in [1.54, 1.807) is 0 Å². The highest BCUT2D eigenvalue weighted by Gasteiger charge is 2.28. The number of pyridine rings is 1. The number of morpholine rings is 1. The third-order valence-electron chi connectivity index (χ3n) is 8.16. The number of rotatable bonds is 9. The van der Waals surface area contributed by atoms with E-state index in [0.29, 0.717) is 12.3 Å². The second-order valence-electron chi connectivity index (χ2n) is 12.5. The lowest BCUT2D eigenvalue weighted by atomic mass is 9.94. The van der Waals surface area contributed by atoms with Crippen LogP contribution in [0.2, 0.25) is 0 Å². The molecule has 1 aromatic carbocycles. The minimum absolute atomic E-state index is 0.105. The maximum Gasteiger partial charge on any atom is 0.306 e. The van der Waals surface area contributed by atoms with Crippen LogP contribution < -0.4 is 10.2 Å². The van der Waals surface area contributed by atoms with E-state index < -0.39 is 5.60 Å². The van der Waals surface area contributed by atoms with Gasteiger partial charge in [0.25, 0.3) is 0 Å². The average Bonchev–Trinajstić information content (AvgIpc) is 3.38. The van der Waals surface area contributed by atoms with Crippen molar-refractivity contribution in [3.05, 3.63) is 53.2 Å². The van der Waals surface area contributed by atoms with E-state index >= 15 is 0 Å². The maximum absolute atomic E-state index is 12.9. The molecule has 212 valence electrons. The Balaban J connectivity index is 1.21. The first-order valence-corrected chi connectivity index (χ1v) is 14.9. The van der Waals surface area contributed by atoms with Crippen molar-refractivity contribution in [1.82, 2.24) is 9.88 Å². The molecule has 39 heavy (non-hydrogen) atoms. The van der Waals surface area contributed by atoms with Gasteiger partial charge in [-0.3, -0.25) is 4.79 Å². The molecule has 5 rings (SSSR count). The number of ether oxygens (including phenoxy) is 2. The van der Waals surface area contributed by atoms with Crippen LogP contribution in [0.3, 0.4) is 0 Å². The summed E-state index contributed by atoms with van der Waals surface area (Å²) in [5.74, 6) is 1.74. The highest BCUT2D eigenvalue weighted by Crippen LogP contribution is 2.30. The number of esters is 1. The van der Waals surface area contributed by atoms with Gasteiger partial charge in [0.1, 0.15) is 11.4 Å². The molecule has 2 aromatic rings. The summed E-state index contributed by atoms with van der Waals surface area (Å²) in [5, 5.41) is 3.46. The average molecular weight is 535 g/mol. The van der Waals surface area contributed by atoms with Gasteiger partial charge in [0.2, 0.25) is 0 Å². The molecule has 0 spiro atoms. The SMILES string of the molecule is CC(C)(C)OC(=O)CC(CN1CCC(CCc2ccc3c(n2)NCCC3)C1)c1cccc(N2CCOCC2)c1. The van der Waals surface area contributed by atoms with Crippen LogP contribution in [0.1, 0.15) is 69.2 Å². The first-order chi connectivity index (χ1) is 18.8. The van der Waals surface area contributed by atoms with E-state index in [1.807, 2.05) is 20.8 Å². The van der Waals surface area contributed by atoms with Crippen molar-refractivity contribution < 1.29 is 14.3 Å². The van der Waals surface area contributed by atoms with Gasteiger partial charge in [0, 0.05) is 50.0 Å². The van der Waals surface area contributed by atoms with Gasteiger partial charge in [0.05, 0.1) is 19.6 Å². The molecule has 4 heterocycles. The van der Waals surface area contributed by atoms with Crippen LogP contribution in [0.15, 0.2) is 36.4 Å². The van der Waals surface area contributed by atoms with Crippen LogP contribution in [0, 0.1) is 5.92 Å². The van der Waals surface area contributed by atoms with Gasteiger partial charge in [0.15, 0.2) is 0 Å². The van der Waals surface area contributed by atoms with Gasteiger partial charge >= 0.3 is 5.97 Å². The highest BCUT2D eigenvalue weighted by molar-refractivity contribution is 5.71. The summed E-state index contributed by atoms with van der Waals surface area (Å²) in [7, 11) is 0. The Bertz CT molecular complexity index is 1110. The highest BCUT2D eigenvalue weighted by atomic mass is 16.6. The van der Waals surface area contributed by atoms with Crippen molar-refractivity contribution in [1.29, 1.82) is 0 Å².